The number of anilines is 3. The highest BCUT2D eigenvalue weighted by Crippen LogP contribution is 2.42. The molecule has 0 spiro atoms. The lowest BCUT2D eigenvalue weighted by atomic mass is 9.99. The zero-order valence-electron chi connectivity index (χ0n) is 24.6. The van der Waals surface area contributed by atoms with E-state index < -0.39 is 5.82 Å². The second-order valence-corrected chi connectivity index (χ2v) is 11.7. The van der Waals surface area contributed by atoms with Crippen molar-refractivity contribution < 1.29 is 9.18 Å². The molecule has 1 aromatic carbocycles. The summed E-state index contributed by atoms with van der Waals surface area (Å²) < 4.78 is 15.0. The molecule has 0 aliphatic carbocycles. The number of fused-ring (bicyclic) bond motifs is 1. The highest BCUT2D eigenvalue weighted by molar-refractivity contribution is 6.33. The van der Waals surface area contributed by atoms with Gasteiger partial charge in [-0.2, -0.15) is 0 Å². The first kappa shape index (κ1) is 29.4. The average Bonchev–Trinajstić information content (AvgIpc) is 2.96. The molecule has 220 valence electrons. The summed E-state index contributed by atoms with van der Waals surface area (Å²) >= 11 is 6.84. The van der Waals surface area contributed by atoms with Crippen molar-refractivity contribution in [3.05, 3.63) is 70.8 Å². The first-order valence-corrected chi connectivity index (χ1v) is 14.5. The van der Waals surface area contributed by atoms with Crippen LogP contribution in [0.4, 0.5) is 21.8 Å². The molecule has 11 heteroatoms. The van der Waals surface area contributed by atoms with Gasteiger partial charge in [-0.3, -0.25) is 4.79 Å². The van der Waals surface area contributed by atoms with Crippen LogP contribution >= 0.6 is 11.6 Å². The van der Waals surface area contributed by atoms with Crippen LogP contribution < -0.4 is 10.6 Å². The number of nitrogens with zero attached hydrogens (tertiary/aromatic N) is 7. The molecule has 0 bridgehead atoms. The zero-order valence-corrected chi connectivity index (χ0v) is 25.4. The SMILES string of the molecule is C=CC(=O)N1CCN(C2=NCN(c3c(C(C)C)nc(N)nc3C(C)C)c3nc(-c4ccccc4F)c(Cl)cc32)[C@@H](C)C1. The Kier molecular flexibility index (Phi) is 8.19. The van der Waals surface area contributed by atoms with Gasteiger partial charge in [0.15, 0.2) is 0 Å². The summed E-state index contributed by atoms with van der Waals surface area (Å²) in [4.78, 5) is 37.6. The summed E-state index contributed by atoms with van der Waals surface area (Å²) in [5.74, 6) is 1.07. The van der Waals surface area contributed by atoms with Crippen molar-refractivity contribution in [2.24, 2.45) is 4.99 Å². The summed E-state index contributed by atoms with van der Waals surface area (Å²) in [7, 11) is 0. The molecule has 42 heavy (non-hydrogen) atoms. The zero-order chi connectivity index (χ0) is 30.3. The Balaban J connectivity index is 1.71. The van der Waals surface area contributed by atoms with Gasteiger partial charge in [0.05, 0.1) is 33.4 Å². The van der Waals surface area contributed by atoms with Gasteiger partial charge in [-0.1, -0.05) is 58.0 Å². The number of amidine groups is 1. The number of nitrogen functional groups attached to an aromatic ring is 1. The number of hydrogen-bond donors (Lipinski definition) is 1. The van der Waals surface area contributed by atoms with Gasteiger partial charge in [0.1, 0.15) is 24.1 Å². The minimum absolute atomic E-state index is 0.0249. The molecule has 0 radical (unpaired) electrons. The van der Waals surface area contributed by atoms with E-state index in [0.717, 1.165) is 22.9 Å². The van der Waals surface area contributed by atoms with Gasteiger partial charge in [-0.05, 0) is 43.0 Å². The Bertz CT molecular complexity index is 1540. The normalized spacial score (nSPS) is 17.0. The van der Waals surface area contributed by atoms with E-state index in [1.54, 1.807) is 23.1 Å². The molecule has 4 heterocycles. The molecule has 2 aliphatic rings. The van der Waals surface area contributed by atoms with Crippen LogP contribution in [0.5, 0.6) is 0 Å². The van der Waals surface area contributed by atoms with Crippen LogP contribution in [0.1, 0.15) is 63.4 Å². The van der Waals surface area contributed by atoms with Crippen LogP contribution in [0.3, 0.4) is 0 Å². The maximum atomic E-state index is 15.0. The molecule has 2 aliphatic heterocycles. The van der Waals surface area contributed by atoms with E-state index in [9.17, 15) is 4.79 Å². The predicted molar refractivity (Wildman–Crippen MR) is 166 cm³/mol. The first-order chi connectivity index (χ1) is 20.0. The maximum absolute atomic E-state index is 15.0. The van der Waals surface area contributed by atoms with Crippen LogP contribution in [0.15, 0.2) is 48.0 Å². The largest absolute Gasteiger partial charge is 0.368 e. The van der Waals surface area contributed by atoms with E-state index in [-0.39, 0.29) is 36.4 Å². The first-order valence-electron chi connectivity index (χ1n) is 14.1. The van der Waals surface area contributed by atoms with E-state index in [1.807, 2.05) is 11.0 Å². The Morgan fingerprint density at radius 3 is 2.36 bits per heavy atom. The van der Waals surface area contributed by atoms with Crippen molar-refractivity contribution in [2.45, 2.75) is 52.5 Å². The number of aromatic nitrogens is 3. The fourth-order valence-electron chi connectivity index (χ4n) is 5.60. The molecule has 1 saturated heterocycles. The number of nitrogens with two attached hydrogens (primary N) is 1. The molecule has 5 rings (SSSR count). The highest BCUT2D eigenvalue weighted by Gasteiger charge is 2.36. The topological polar surface area (TPSA) is 104 Å². The lowest BCUT2D eigenvalue weighted by molar-refractivity contribution is -0.128. The van der Waals surface area contributed by atoms with Crippen molar-refractivity contribution in [1.29, 1.82) is 0 Å². The van der Waals surface area contributed by atoms with E-state index in [0.29, 0.717) is 47.3 Å². The smallest absolute Gasteiger partial charge is 0.246 e. The predicted octanol–water partition coefficient (Wildman–Crippen LogP) is 5.73. The van der Waals surface area contributed by atoms with E-state index >= 15 is 4.39 Å². The number of carbonyl (C=O) groups excluding carboxylic acids is 1. The third kappa shape index (κ3) is 5.31. The molecule has 1 atom stereocenters. The van der Waals surface area contributed by atoms with Crippen molar-refractivity contribution in [3.8, 4) is 11.3 Å². The fraction of sp³-hybridized carbons (Fsp3) is 0.387. The Hall–Kier alpha value is -4.05. The van der Waals surface area contributed by atoms with Crippen LogP contribution in [0.25, 0.3) is 11.3 Å². The van der Waals surface area contributed by atoms with Gasteiger partial charge in [0, 0.05) is 31.2 Å². The average molecular weight is 591 g/mol. The Labute approximate surface area is 250 Å². The number of pyridine rings is 1. The van der Waals surface area contributed by atoms with Gasteiger partial charge in [0.2, 0.25) is 11.9 Å². The number of rotatable bonds is 5. The van der Waals surface area contributed by atoms with Crippen molar-refractivity contribution >= 4 is 40.8 Å². The van der Waals surface area contributed by atoms with Crippen molar-refractivity contribution in [3.63, 3.8) is 0 Å². The summed E-state index contributed by atoms with van der Waals surface area (Å²) in [5, 5.41) is 0.309. The summed E-state index contributed by atoms with van der Waals surface area (Å²) in [5.41, 5.74) is 9.87. The molecule has 0 unspecified atom stereocenters. The van der Waals surface area contributed by atoms with Crippen molar-refractivity contribution in [2.75, 3.05) is 36.9 Å². The summed E-state index contributed by atoms with van der Waals surface area (Å²) in [6.45, 7) is 15.8. The highest BCUT2D eigenvalue weighted by atomic mass is 35.5. The summed E-state index contributed by atoms with van der Waals surface area (Å²) in [6, 6.07) is 8.24. The lowest BCUT2D eigenvalue weighted by Crippen LogP contribution is -2.56. The molecule has 2 aromatic heterocycles. The lowest BCUT2D eigenvalue weighted by Gasteiger charge is -2.43. The number of amides is 1. The van der Waals surface area contributed by atoms with Crippen molar-refractivity contribution in [1.82, 2.24) is 24.8 Å². The molecular weight excluding hydrogens is 555 g/mol. The van der Waals surface area contributed by atoms with Gasteiger partial charge >= 0.3 is 0 Å². The third-order valence-electron chi connectivity index (χ3n) is 7.65. The second-order valence-electron chi connectivity index (χ2n) is 11.3. The van der Waals surface area contributed by atoms with Gasteiger partial charge in [-0.15, -0.1) is 0 Å². The van der Waals surface area contributed by atoms with Crippen LogP contribution in [-0.2, 0) is 4.79 Å². The number of halogens is 2. The van der Waals surface area contributed by atoms with Gasteiger partial charge in [-0.25, -0.2) is 24.3 Å². The Morgan fingerprint density at radius 1 is 1.10 bits per heavy atom. The second kappa shape index (κ2) is 11.7. The van der Waals surface area contributed by atoms with E-state index in [2.05, 4.69) is 56.1 Å². The van der Waals surface area contributed by atoms with Crippen LogP contribution in [0, 0.1) is 5.82 Å². The minimum atomic E-state index is -0.415. The molecule has 3 aromatic rings. The fourth-order valence-corrected chi connectivity index (χ4v) is 5.85. The molecule has 1 amide bonds. The summed E-state index contributed by atoms with van der Waals surface area (Å²) in [6.07, 6.45) is 1.34. The van der Waals surface area contributed by atoms with Crippen LogP contribution in [-0.4, -0.2) is 68.8 Å². The Morgan fingerprint density at radius 2 is 1.76 bits per heavy atom. The number of piperazine rings is 1. The van der Waals surface area contributed by atoms with E-state index in [4.69, 9.17) is 27.3 Å². The monoisotopic (exact) mass is 590 g/mol. The van der Waals surface area contributed by atoms with Gasteiger partial charge < -0.3 is 20.4 Å². The van der Waals surface area contributed by atoms with Crippen LogP contribution in [0.2, 0.25) is 5.02 Å². The number of benzene rings is 1. The number of aliphatic imine (C=N–C) groups is 1. The number of hydrogen-bond acceptors (Lipinski definition) is 8. The molecule has 1 fully saturated rings. The molecule has 0 saturated carbocycles. The maximum Gasteiger partial charge on any atom is 0.246 e. The number of carbonyl (C=O) groups is 1. The third-order valence-corrected chi connectivity index (χ3v) is 7.94. The van der Waals surface area contributed by atoms with E-state index in [1.165, 1.54) is 12.1 Å². The minimum Gasteiger partial charge on any atom is -0.368 e. The standard InChI is InChI=1S/C31H36ClFN8O/c1-7-24(42)39-12-13-40(19(6)15-39)29-21-14-22(32)27(20-10-8-9-11-23(20)33)36-30(21)41(16-35-29)28-25(17(2)3)37-31(34)38-26(28)18(4)5/h7-11,14,17-19H,1,12-13,15-16H2,2-6H3,(H2,34,37,38)/t19-/m0/s1. The molecule has 2 N–H and O–H groups in total. The molecule has 9 nitrogen and oxygen atoms in total. The quantitative estimate of drug-likeness (QED) is 0.378. The molecular formula is C31H36ClFN8O. The van der Waals surface area contributed by atoms with Gasteiger partial charge in [0.25, 0.3) is 0 Å².